The van der Waals surface area contributed by atoms with Gasteiger partial charge in [-0.3, -0.25) is 14.6 Å². The first kappa shape index (κ1) is 21.0. The fourth-order valence-corrected chi connectivity index (χ4v) is 4.12. The molecule has 5 nitrogen and oxygen atoms in total. The lowest BCUT2D eigenvalue weighted by atomic mass is 9.93. The van der Waals surface area contributed by atoms with Crippen molar-refractivity contribution in [3.05, 3.63) is 105 Å². The fraction of sp³-hybridized carbons (Fsp3) is 0.160. The van der Waals surface area contributed by atoms with Gasteiger partial charge in [-0.25, -0.2) is 0 Å². The summed E-state index contributed by atoms with van der Waals surface area (Å²) in [4.78, 5) is 31.7. The predicted molar refractivity (Wildman–Crippen MR) is 122 cm³/mol. The molecule has 0 radical (unpaired) electrons. The van der Waals surface area contributed by atoms with Gasteiger partial charge in [0.05, 0.1) is 11.6 Å². The molecule has 0 spiro atoms. The first-order chi connectivity index (χ1) is 14.9. The van der Waals surface area contributed by atoms with Gasteiger partial charge >= 0.3 is 0 Å². The lowest BCUT2D eigenvalue weighted by Gasteiger charge is -2.25. The summed E-state index contributed by atoms with van der Waals surface area (Å²) in [5.41, 5.74) is 4.06. The maximum Gasteiger partial charge on any atom is 0.295 e. The number of aryl methyl sites for hydroxylation is 2. The predicted octanol–water partition coefficient (Wildman–Crippen LogP) is 5.08. The van der Waals surface area contributed by atoms with Crippen LogP contribution < -0.4 is 0 Å². The quantitative estimate of drug-likeness (QED) is 0.323. The third-order valence-corrected chi connectivity index (χ3v) is 6.00. The van der Waals surface area contributed by atoms with Gasteiger partial charge in [-0.1, -0.05) is 45.8 Å². The summed E-state index contributed by atoms with van der Waals surface area (Å²) in [6.07, 6.45) is 3.30. The molecule has 6 heteroatoms. The number of aliphatic hydroxyl groups excluding tert-OH is 1. The number of hydrogen-bond acceptors (Lipinski definition) is 4. The molecule has 0 saturated carbocycles. The van der Waals surface area contributed by atoms with E-state index in [2.05, 4.69) is 20.9 Å². The summed E-state index contributed by atoms with van der Waals surface area (Å²) in [5.74, 6) is -1.46. The van der Waals surface area contributed by atoms with Crippen molar-refractivity contribution >= 4 is 33.4 Å². The van der Waals surface area contributed by atoms with Gasteiger partial charge in [0.25, 0.3) is 11.7 Å². The monoisotopic (exact) mass is 476 g/mol. The number of pyridine rings is 1. The minimum absolute atomic E-state index is 0.107. The Morgan fingerprint density at radius 1 is 1.03 bits per heavy atom. The van der Waals surface area contributed by atoms with E-state index in [1.807, 2.05) is 68.4 Å². The molecule has 0 aliphatic carbocycles. The van der Waals surface area contributed by atoms with E-state index in [0.29, 0.717) is 5.56 Å². The first-order valence-corrected chi connectivity index (χ1v) is 10.7. The number of benzene rings is 2. The average molecular weight is 477 g/mol. The minimum atomic E-state index is -0.693. The van der Waals surface area contributed by atoms with Crippen molar-refractivity contribution in [2.75, 3.05) is 0 Å². The smallest absolute Gasteiger partial charge is 0.295 e. The summed E-state index contributed by atoms with van der Waals surface area (Å²) < 4.78 is 0.886. The standard InChI is InChI=1S/C25H21BrN2O3/c1-15-3-4-16(2)20(13-15)23(29)21-22(18-5-7-19(26)8-6-18)28(25(31)24(21)30)14-17-9-11-27-12-10-17/h3-13,22,29H,14H2,1-2H3. The first-order valence-electron chi connectivity index (χ1n) is 9.87. The molecular weight excluding hydrogens is 456 g/mol. The molecule has 1 N–H and O–H groups in total. The molecule has 1 amide bonds. The van der Waals surface area contributed by atoms with Crippen LogP contribution in [0.4, 0.5) is 0 Å². The maximum absolute atomic E-state index is 13.1. The van der Waals surface area contributed by atoms with E-state index in [4.69, 9.17) is 0 Å². The molecule has 1 aliphatic rings. The minimum Gasteiger partial charge on any atom is -0.507 e. The molecule has 31 heavy (non-hydrogen) atoms. The number of carbonyl (C=O) groups is 2. The van der Waals surface area contributed by atoms with Gasteiger partial charge in [0, 0.05) is 29.0 Å². The van der Waals surface area contributed by atoms with E-state index in [0.717, 1.165) is 26.7 Å². The number of aliphatic hydroxyl groups is 1. The van der Waals surface area contributed by atoms with Crippen molar-refractivity contribution in [3.8, 4) is 0 Å². The van der Waals surface area contributed by atoms with E-state index < -0.39 is 17.7 Å². The number of Topliss-reactive ketones (excluding diaryl/α,β-unsaturated/α-hetero) is 1. The molecule has 1 fully saturated rings. The van der Waals surface area contributed by atoms with E-state index in [-0.39, 0.29) is 17.9 Å². The Morgan fingerprint density at radius 2 is 1.71 bits per heavy atom. The number of aromatic nitrogens is 1. The average Bonchev–Trinajstić information content (AvgIpc) is 3.01. The summed E-state index contributed by atoms with van der Waals surface area (Å²) in [6, 6.07) is 16.0. The van der Waals surface area contributed by atoms with E-state index >= 15 is 0 Å². The van der Waals surface area contributed by atoms with Gasteiger partial charge in [-0.15, -0.1) is 0 Å². The van der Waals surface area contributed by atoms with Crippen molar-refractivity contribution in [3.63, 3.8) is 0 Å². The van der Waals surface area contributed by atoms with Crippen LogP contribution in [0, 0.1) is 13.8 Å². The Morgan fingerprint density at radius 3 is 2.39 bits per heavy atom. The highest BCUT2D eigenvalue weighted by Crippen LogP contribution is 2.41. The molecule has 1 aromatic heterocycles. The number of rotatable bonds is 4. The van der Waals surface area contributed by atoms with Crippen LogP contribution in [0.2, 0.25) is 0 Å². The third kappa shape index (κ3) is 4.03. The van der Waals surface area contributed by atoms with Gasteiger partial charge in [0.2, 0.25) is 0 Å². The second kappa shape index (κ2) is 8.47. The van der Waals surface area contributed by atoms with Crippen molar-refractivity contribution in [1.29, 1.82) is 0 Å². The second-order valence-corrected chi connectivity index (χ2v) is 8.57. The van der Waals surface area contributed by atoms with Crippen molar-refractivity contribution in [1.82, 2.24) is 9.88 Å². The Kier molecular flexibility index (Phi) is 5.74. The molecule has 1 atom stereocenters. The summed E-state index contributed by atoms with van der Waals surface area (Å²) >= 11 is 3.43. The van der Waals surface area contributed by atoms with Crippen LogP contribution in [0.1, 0.15) is 33.9 Å². The number of amides is 1. The van der Waals surface area contributed by atoms with Crippen LogP contribution in [-0.2, 0) is 16.1 Å². The second-order valence-electron chi connectivity index (χ2n) is 7.65. The van der Waals surface area contributed by atoms with Gasteiger partial charge in [0.1, 0.15) is 5.76 Å². The van der Waals surface area contributed by atoms with Gasteiger partial charge in [0.15, 0.2) is 0 Å². The molecule has 0 bridgehead atoms. The number of ketones is 1. The summed E-state index contributed by atoms with van der Waals surface area (Å²) in [7, 11) is 0. The van der Waals surface area contributed by atoms with Crippen LogP contribution in [0.5, 0.6) is 0 Å². The number of nitrogens with zero attached hydrogens (tertiary/aromatic N) is 2. The molecule has 2 aromatic carbocycles. The lowest BCUT2D eigenvalue weighted by molar-refractivity contribution is -0.140. The molecule has 2 heterocycles. The Labute approximate surface area is 189 Å². The number of carbonyl (C=O) groups excluding carboxylic acids is 2. The van der Waals surface area contributed by atoms with Gasteiger partial charge < -0.3 is 10.0 Å². The van der Waals surface area contributed by atoms with E-state index in [1.54, 1.807) is 12.4 Å². The van der Waals surface area contributed by atoms with Crippen molar-refractivity contribution in [2.24, 2.45) is 0 Å². The zero-order chi connectivity index (χ0) is 22.1. The number of halogens is 1. The molecule has 3 aromatic rings. The molecule has 4 rings (SSSR count). The SMILES string of the molecule is Cc1ccc(C)c(C(O)=C2C(=O)C(=O)N(Cc3ccncc3)C2c2ccc(Br)cc2)c1. The highest BCUT2D eigenvalue weighted by atomic mass is 79.9. The lowest BCUT2D eigenvalue weighted by Crippen LogP contribution is -2.29. The Bertz CT molecular complexity index is 1190. The molecule has 1 saturated heterocycles. The fourth-order valence-electron chi connectivity index (χ4n) is 3.86. The van der Waals surface area contributed by atoms with Crippen LogP contribution in [0.15, 0.2) is 77.0 Å². The van der Waals surface area contributed by atoms with Crippen LogP contribution in [0.25, 0.3) is 5.76 Å². The zero-order valence-electron chi connectivity index (χ0n) is 17.2. The number of likely N-dealkylation sites (tertiary alicyclic amines) is 1. The summed E-state index contributed by atoms with van der Waals surface area (Å²) in [5, 5.41) is 11.2. The molecule has 156 valence electrons. The van der Waals surface area contributed by atoms with E-state index in [9.17, 15) is 14.7 Å². The molecule has 1 unspecified atom stereocenters. The highest BCUT2D eigenvalue weighted by molar-refractivity contribution is 9.10. The Balaban J connectivity index is 1.90. The highest BCUT2D eigenvalue weighted by Gasteiger charge is 2.46. The normalized spacial score (nSPS) is 17.9. The van der Waals surface area contributed by atoms with Crippen LogP contribution in [0.3, 0.4) is 0 Å². The zero-order valence-corrected chi connectivity index (χ0v) is 18.8. The van der Waals surface area contributed by atoms with Crippen LogP contribution in [-0.4, -0.2) is 26.7 Å². The third-order valence-electron chi connectivity index (χ3n) is 5.48. The van der Waals surface area contributed by atoms with Crippen molar-refractivity contribution in [2.45, 2.75) is 26.4 Å². The Hall–Kier alpha value is -3.25. The number of hydrogen-bond donors (Lipinski definition) is 1. The topological polar surface area (TPSA) is 70.5 Å². The molecule has 1 aliphatic heterocycles. The van der Waals surface area contributed by atoms with Gasteiger partial charge in [-0.05, 0) is 60.9 Å². The maximum atomic E-state index is 13.1. The van der Waals surface area contributed by atoms with Crippen molar-refractivity contribution < 1.29 is 14.7 Å². The summed E-state index contributed by atoms with van der Waals surface area (Å²) in [6.45, 7) is 4.03. The van der Waals surface area contributed by atoms with Crippen LogP contribution >= 0.6 is 15.9 Å². The largest absolute Gasteiger partial charge is 0.507 e. The molecular formula is C25H21BrN2O3. The van der Waals surface area contributed by atoms with Gasteiger partial charge in [-0.2, -0.15) is 0 Å². The van der Waals surface area contributed by atoms with E-state index in [1.165, 1.54) is 4.90 Å².